The third-order valence-electron chi connectivity index (χ3n) is 5.60. The van der Waals surface area contributed by atoms with E-state index in [9.17, 15) is 22.4 Å². The molecule has 2 heterocycles. The molecule has 166 valence electrons. The van der Waals surface area contributed by atoms with Crippen LogP contribution in [-0.2, 0) is 17.5 Å². The van der Waals surface area contributed by atoms with E-state index < -0.39 is 17.6 Å². The SMILES string of the molecule is O=C1Nc2cc(C(F)(F)F)ccc2/C1=C\c1cn(Cc2ccccc2F)c2ccc(Br)cc12. The molecule has 8 heteroatoms. The van der Waals surface area contributed by atoms with E-state index >= 15 is 0 Å². The van der Waals surface area contributed by atoms with E-state index in [2.05, 4.69) is 21.2 Å². The monoisotopic (exact) mass is 514 g/mol. The second-order valence-electron chi connectivity index (χ2n) is 7.74. The van der Waals surface area contributed by atoms with Gasteiger partial charge in [0.25, 0.3) is 5.91 Å². The highest BCUT2D eigenvalue weighted by Gasteiger charge is 2.33. The van der Waals surface area contributed by atoms with Gasteiger partial charge in [-0.05, 0) is 42.5 Å². The number of amides is 1. The van der Waals surface area contributed by atoms with Crippen molar-refractivity contribution in [3.63, 3.8) is 0 Å². The Morgan fingerprint density at radius 1 is 1.03 bits per heavy atom. The Kier molecular flexibility index (Phi) is 5.12. The third kappa shape index (κ3) is 3.95. The fourth-order valence-corrected chi connectivity index (χ4v) is 4.38. The quantitative estimate of drug-likeness (QED) is 0.229. The van der Waals surface area contributed by atoms with E-state index in [-0.39, 0.29) is 23.6 Å². The largest absolute Gasteiger partial charge is 0.416 e. The van der Waals surface area contributed by atoms with Crippen molar-refractivity contribution in [1.29, 1.82) is 0 Å². The summed E-state index contributed by atoms with van der Waals surface area (Å²) in [6.07, 6.45) is -1.04. The summed E-state index contributed by atoms with van der Waals surface area (Å²) >= 11 is 3.46. The maximum atomic E-state index is 14.2. The first-order chi connectivity index (χ1) is 15.7. The first-order valence-electron chi connectivity index (χ1n) is 9.97. The molecule has 1 aromatic heterocycles. The molecule has 0 bridgehead atoms. The summed E-state index contributed by atoms with van der Waals surface area (Å²) in [6.45, 7) is 0.283. The van der Waals surface area contributed by atoms with Crippen LogP contribution >= 0.6 is 15.9 Å². The van der Waals surface area contributed by atoms with Gasteiger partial charge in [-0.15, -0.1) is 0 Å². The number of carbonyl (C=O) groups excluding carboxylic acids is 1. The van der Waals surface area contributed by atoms with Gasteiger partial charge >= 0.3 is 6.18 Å². The number of nitrogens with zero attached hydrogens (tertiary/aromatic N) is 1. The molecule has 3 nitrogen and oxygen atoms in total. The number of alkyl halides is 3. The average Bonchev–Trinajstić information content (AvgIpc) is 3.25. The van der Waals surface area contributed by atoms with Crippen LogP contribution in [-0.4, -0.2) is 10.5 Å². The van der Waals surface area contributed by atoms with E-state index in [1.807, 2.05) is 29.0 Å². The minimum Gasteiger partial charge on any atom is -0.342 e. The predicted molar refractivity (Wildman–Crippen MR) is 123 cm³/mol. The summed E-state index contributed by atoms with van der Waals surface area (Å²) in [5.41, 5.74) is 2.01. The van der Waals surface area contributed by atoms with E-state index in [4.69, 9.17) is 0 Å². The normalized spacial score (nSPS) is 14.7. The van der Waals surface area contributed by atoms with Crippen molar-refractivity contribution < 1.29 is 22.4 Å². The summed E-state index contributed by atoms with van der Waals surface area (Å²) in [7, 11) is 0. The molecule has 0 aliphatic carbocycles. The topological polar surface area (TPSA) is 34.0 Å². The van der Waals surface area contributed by atoms with Crippen LogP contribution in [0.5, 0.6) is 0 Å². The lowest BCUT2D eigenvalue weighted by Crippen LogP contribution is -2.06. The average molecular weight is 515 g/mol. The fourth-order valence-electron chi connectivity index (χ4n) is 4.02. The van der Waals surface area contributed by atoms with Crippen molar-refractivity contribution in [1.82, 2.24) is 4.57 Å². The molecule has 1 aliphatic rings. The Hall–Kier alpha value is -3.39. The molecule has 0 fully saturated rings. The third-order valence-corrected chi connectivity index (χ3v) is 6.10. The molecule has 5 rings (SSSR count). The highest BCUT2D eigenvalue weighted by atomic mass is 79.9. The van der Waals surface area contributed by atoms with Crippen molar-refractivity contribution >= 4 is 50.1 Å². The van der Waals surface area contributed by atoms with Crippen LogP contribution in [0.1, 0.15) is 22.3 Å². The van der Waals surface area contributed by atoms with Crippen LogP contribution in [0.3, 0.4) is 0 Å². The van der Waals surface area contributed by atoms with Crippen LogP contribution in [0.4, 0.5) is 23.2 Å². The van der Waals surface area contributed by atoms with Crippen LogP contribution in [0.25, 0.3) is 22.6 Å². The van der Waals surface area contributed by atoms with Crippen LogP contribution in [0, 0.1) is 5.82 Å². The van der Waals surface area contributed by atoms with Gasteiger partial charge in [-0.3, -0.25) is 4.79 Å². The van der Waals surface area contributed by atoms with E-state index in [0.29, 0.717) is 16.7 Å². The Bertz CT molecular complexity index is 1450. The number of halogens is 5. The van der Waals surface area contributed by atoms with Gasteiger partial charge in [0, 0.05) is 49.5 Å². The molecular formula is C25H15BrF4N2O. The molecule has 0 saturated carbocycles. The van der Waals surface area contributed by atoms with Crippen molar-refractivity contribution in [3.05, 3.63) is 99.4 Å². The first kappa shape index (κ1) is 21.5. The minimum absolute atomic E-state index is 0.123. The van der Waals surface area contributed by atoms with Crippen LogP contribution in [0.15, 0.2) is 71.3 Å². The fraction of sp³-hybridized carbons (Fsp3) is 0.0800. The summed E-state index contributed by atoms with van der Waals surface area (Å²) in [4.78, 5) is 12.6. The van der Waals surface area contributed by atoms with E-state index in [1.54, 1.807) is 24.3 Å². The predicted octanol–water partition coefficient (Wildman–Crippen LogP) is 7.10. The van der Waals surface area contributed by atoms with Gasteiger partial charge < -0.3 is 9.88 Å². The Labute approximate surface area is 194 Å². The molecule has 33 heavy (non-hydrogen) atoms. The molecule has 0 unspecified atom stereocenters. The number of benzene rings is 3. The van der Waals surface area contributed by atoms with E-state index in [0.717, 1.165) is 27.5 Å². The van der Waals surface area contributed by atoms with Crippen LogP contribution in [0.2, 0.25) is 0 Å². The van der Waals surface area contributed by atoms with Gasteiger partial charge in [0.15, 0.2) is 0 Å². The van der Waals surface area contributed by atoms with Gasteiger partial charge in [-0.2, -0.15) is 13.2 Å². The number of anilines is 1. The van der Waals surface area contributed by atoms with Gasteiger partial charge in [-0.25, -0.2) is 4.39 Å². The second-order valence-corrected chi connectivity index (χ2v) is 8.65. The molecule has 0 atom stereocenters. The molecule has 1 N–H and O–H groups in total. The Balaban J connectivity index is 1.62. The zero-order chi connectivity index (χ0) is 23.3. The zero-order valence-electron chi connectivity index (χ0n) is 16.9. The van der Waals surface area contributed by atoms with Crippen molar-refractivity contribution in [3.8, 4) is 0 Å². The summed E-state index contributed by atoms with van der Waals surface area (Å²) in [5, 5.41) is 3.34. The van der Waals surface area contributed by atoms with Crippen molar-refractivity contribution in [2.45, 2.75) is 12.7 Å². The standard InChI is InChI=1S/C25H15BrF4N2O/c26-17-6-8-23-19(11-17)15(13-32(23)12-14-3-1-2-4-21(14)27)9-20-18-7-5-16(25(28,29)30)10-22(18)31-24(20)33/h1-11,13H,12H2,(H,31,33)/b20-9+. The van der Waals surface area contributed by atoms with E-state index in [1.165, 1.54) is 12.1 Å². The second kappa shape index (κ2) is 7.88. The summed E-state index contributed by atoms with van der Waals surface area (Å²) < 4.78 is 56.1. The maximum absolute atomic E-state index is 14.2. The number of rotatable bonds is 3. The lowest BCUT2D eigenvalue weighted by atomic mass is 10.0. The number of nitrogens with one attached hydrogen (secondary N) is 1. The summed E-state index contributed by atoms with van der Waals surface area (Å²) in [6, 6.07) is 15.3. The first-order valence-corrected chi connectivity index (χ1v) is 10.8. The number of fused-ring (bicyclic) bond motifs is 2. The summed E-state index contributed by atoms with van der Waals surface area (Å²) in [5.74, 6) is -0.796. The molecule has 0 saturated heterocycles. The molecule has 0 spiro atoms. The molecule has 3 aromatic carbocycles. The number of carbonyl (C=O) groups is 1. The minimum atomic E-state index is -4.50. The van der Waals surface area contributed by atoms with Crippen molar-refractivity contribution in [2.75, 3.05) is 5.32 Å². The highest BCUT2D eigenvalue weighted by molar-refractivity contribution is 9.10. The molecule has 1 aliphatic heterocycles. The van der Waals surface area contributed by atoms with Gasteiger partial charge in [0.1, 0.15) is 5.82 Å². The number of aromatic nitrogens is 1. The van der Waals surface area contributed by atoms with Crippen LogP contribution < -0.4 is 5.32 Å². The lowest BCUT2D eigenvalue weighted by Gasteiger charge is -2.08. The van der Waals surface area contributed by atoms with Gasteiger partial charge in [0.05, 0.1) is 12.1 Å². The number of hydrogen-bond acceptors (Lipinski definition) is 1. The lowest BCUT2D eigenvalue weighted by molar-refractivity contribution is -0.137. The maximum Gasteiger partial charge on any atom is 0.416 e. The highest BCUT2D eigenvalue weighted by Crippen LogP contribution is 2.39. The molecule has 1 amide bonds. The Morgan fingerprint density at radius 2 is 1.82 bits per heavy atom. The zero-order valence-corrected chi connectivity index (χ0v) is 18.5. The number of hydrogen-bond donors (Lipinski definition) is 1. The Morgan fingerprint density at radius 3 is 2.58 bits per heavy atom. The van der Waals surface area contributed by atoms with Gasteiger partial charge in [-0.1, -0.05) is 40.2 Å². The smallest absolute Gasteiger partial charge is 0.342 e. The van der Waals surface area contributed by atoms with Crippen molar-refractivity contribution in [2.24, 2.45) is 0 Å². The molecule has 0 radical (unpaired) electrons. The molecule has 4 aromatic rings. The van der Waals surface area contributed by atoms with Gasteiger partial charge in [0.2, 0.25) is 0 Å². The molecular weight excluding hydrogens is 500 g/mol.